The van der Waals surface area contributed by atoms with Crippen LogP contribution in [0.5, 0.6) is 5.75 Å². The molecule has 0 aromatic heterocycles. The van der Waals surface area contributed by atoms with E-state index in [1.54, 1.807) is 30.3 Å². The van der Waals surface area contributed by atoms with Crippen LogP contribution in [0.3, 0.4) is 0 Å². The molecule has 0 aliphatic carbocycles. The van der Waals surface area contributed by atoms with E-state index >= 15 is 0 Å². The van der Waals surface area contributed by atoms with Crippen molar-refractivity contribution in [2.45, 2.75) is 59.3 Å². The first kappa shape index (κ1) is 22.0. The molecular formula is C23H28ClNO3. The third-order valence-corrected chi connectivity index (χ3v) is 4.66. The molecule has 28 heavy (non-hydrogen) atoms. The quantitative estimate of drug-likeness (QED) is 0.498. The number of esters is 1. The lowest BCUT2D eigenvalue weighted by Crippen LogP contribution is -2.23. The van der Waals surface area contributed by atoms with Crippen molar-refractivity contribution in [1.82, 2.24) is 0 Å². The number of nitrogens with one attached hydrogen (secondary N) is 1. The van der Waals surface area contributed by atoms with Crippen LogP contribution in [-0.4, -0.2) is 11.9 Å². The average molecular weight is 402 g/mol. The van der Waals surface area contributed by atoms with Gasteiger partial charge >= 0.3 is 5.97 Å². The smallest absolute Gasteiger partial charge is 0.308 e. The maximum absolute atomic E-state index is 13.0. The van der Waals surface area contributed by atoms with Crippen molar-refractivity contribution in [2.75, 3.05) is 5.32 Å². The summed E-state index contributed by atoms with van der Waals surface area (Å²) in [5, 5.41) is 3.34. The Balaban J connectivity index is 2.64. The van der Waals surface area contributed by atoms with Crippen LogP contribution < -0.4 is 10.1 Å². The number of hydrogen-bond donors (Lipinski definition) is 1. The van der Waals surface area contributed by atoms with Crippen LogP contribution in [-0.2, 0) is 15.6 Å². The van der Waals surface area contributed by atoms with Gasteiger partial charge < -0.3 is 10.1 Å². The Morgan fingerprint density at radius 2 is 1.43 bits per heavy atom. The normalized spacial score (nSPS) is 11.9. The van der Waals surface area contributed by atoms with Crippen LogP contribution in [0.25, 0.3) is 0 Å². The van der Waals surface area contributed by atoms with Gasteiger partial charge in [0.25, 0.3) is 5.91 Å². The Labute approximate surface area is 172 Å². The monoisotopic (exact) mass is 401 g/mol. The second kappa shape index (κ2) is 7.96. The number of halogens is 1. The summed E-state index contributed by atoms with van der Waals surface area (Å²) < 4.78 is 5.61. The Morgan fingerprint density at radius 3 is 1.86 bits per heavy atom. The van der Waals surface area contributed by atoms with Crippen LogP contribution in [0.2, 0.25) is 5.02 Å². The minimum absolute atomic E-state index is 0.265. The molecule has 2 aromatic carbocycles. The van der Waals surface area contributed by atoms with Crippen LogP contribution in [0, 0.1) is 0 Å². The molecule has 0 aliphatic heterocycles. The fraction of sp³-hybridized carbons (Fsp3) is 0.391. The van der Waals surface area contributed by atoms with E-state index in [2.05, 4.69) is 5.32 Å². The predicted molar refractivity (Wildman–Crippen MR) is 115 cm³/mol. The van der Waals surface area contributed by atoms with Gasteiger partial charge in [-0.15, -0.1) is 0 Å². The number of carbonyl (C=O) groups is 2. The van der Waals surface area contributed by atoms with Gasteiger partial charge in [-0.1, -0.05) is 65.3 Å². The second-order valence-corrected chi connectivity index (χ2v) is 9.34. The first-order chi connectivity index (χ1) is 12.8. The molecular weight excluding hydrogens is 374 g/mol. The fourth-order valence-corrected chi connectivity index (χ4v) is 3.07. The van der Waals surface area contributed by atoms with Gasteiger partial charge in [0, 0.05) is 23.6 Å². The number of para-hydroxylation sites is 1. The zero-order valence-electron chi connectivity index (χ0n) is 17.6. The first-order valence-electron chi connectivity index (χ1n) is 9.24. The molecule has 2 aromatic rings. The second-order valence-electron chi connectivity index (χ2n) is 8.93. The lowest BCUT2D eigenvalue weighted by atomic mass is 9.78. The summed E-state index contributed by atoms with van der Waals surface area (Å²) in [7, 11) is 0. The standard InChI is InChI=1S/C23H28ClNO3/c1-14(26)28-20-16(22(2,3)4)12-15(13-17(20)23(5,6)7)21(27)25-19-11-9-8-10-18(19)24/h8-13H,1-7H3,(H,25,27). The lowest BCUT2D eigenvalue weighted by molar-refractivity contribution is -0.132. The molecule has 1 amide bonds. The van der Waals surface area contributed by atoms with E-state index in [1.807, 2.05) is 47.6 Å². The molecule has 0 aliphatic rings. The largest absolute Gasteiger partial charge is 0.426 e. The van der Waals surface area contributed by atoms with E-state index in [0.717, 1.165) is 11.1 Å². The maximum Gasteiger partial charge on any atom is 0.308 e. The van der Waals surface area contributed by atoms with Crippen molar-refractivity contribution >= 4 is 29.2 Å². The molecule has 0 saturated carbocycles. The van der Waals surface area contributed by atoms with Crippen molar-refractivity contribution in [3.05, 3.63) is 58.1 Å². The number of benzene rings is 2. The van der Waals surface area contributed by atoms with E-state index in [-0.39, 0.29) is 22.7 Å². The topological polar surface area (TPSA) is 55.4 Å². The van der Waals surface area contributed by atoms with Gasteiger partial charge in [-0.05, 0) is 35.1 Å². The molecule has 0 saturated heterocycles. The van der Waals surface area contributed by atoms with Gasteiger partial charge in [0.1, 0.15) is 5.75 Å². The Hall–Kier alpha value is -2.33. The van der Waals surface area contributed by atoms with Crippen LogP contribution in [0.4, 0.5) is 5.69 Å². The van der Waals surface area contributed by atoms with E-state index in [0.29, 0.717) is 22.0 Å². The van der Waals surface area contributed by atoms with Crippen LogP contribution in [0.15, 0.2) is 36.4 Å². The molecule has 1 N–H and O–H groups in total. The number of ether oxygens (including phenoxy) is 1. The number of anilines is 1. The van der Waals surface area contributed by atoms with E-state index < -0.39 is 0 Å². The number of carbonyl (C=O) groups excluding carboxylic acids is 2. The van der Waals surface area contributed by atoms with E-state index in [4.69, 9.17) is 16.3 Å². The summed E-state index contributed by atoms with van der Waals surface area (Å²) in [4.78, 5) is 24.7. The number of hydrogen-bond acceptors (Lipinski definition) is 3. The zero-order chi connectivity index (χ0) is 21.3. The van der Waals surface area contributed by atoms with Crippen LogP contribution >= 0.6 is 11.6 Å². The van der Waals surface area contributed by atoms with Crippen molar-refractivity contribution < 1.29 is 14.3 Å². The number of rotatable bonds is 3. The minimum Gasteiger partial charge on any atom is -0.426 e. The average Bonchev–Trinajstić information content (AvgIpc) is 2.54. The minimum atomic E-state index is -0.385. The molecule has 4 nitrogen and oxygen atoms in total. The number of amides is 1. The molecule has 0 radical (unpaired) electrons. The van der Waals surface area contributed by atoms with Gasteiger partial charge in [0.15, 0.2) is 0 Å². The van der Waals surface area contributed by atoms with E-state index in [1.165, 1.54) is 6.92 Å². The molecule has 0 unspecified atom stereocenters. The van der Waals surface area contributed by atoms with Crippen molar-refractivity contribution in [2.24, 2.45) is 0 Å². The van der Waals surface area contributed by atoms with Crippen LogP contribution in [0.1, 0.15) is 70.0 Å². The van der Waals surface area contributed by atoms with Gasteiger partial charge in [0.2, 0.25) is 0 Å². The SMILES string of the molecule is CC(=O)Oc1c(C(C)(C)C)cc(C(=O)Nc2ccccc2Cl)cc1C(C)(C)C. The molecule has 150 valence electrons. The highest BCUT2D eigenvalue weighted by molar-refractivity contribution is 6.33. The lowest BCUT2D eigenvalue weighted by Gasteiger charge is -2.29. The highest BCUT2D eigenvalue weighted by Crippen LogP contribution is 2.41. The Bertz CT molecular complexity index is 870. The van der Waals surface area contributed by atoms with Crippen molar-refractivity contribution in [3.63, 3.8) is 0 Å². The summed E-state index contributed by atoms with van der Waals surface area (Å²) in [6.45, 7) is 13.5. The highest BCUT2D eigenvalue weighted by Gasteiger charge is 2.30. The summed E-state index contributed by atoms with van der Waals surface area (Å²) in [5.41, 5.74) is 1.99. The summed E-state index contributed by atoms with van der Waals surface area (Å²) in [5.74, 6) is -0.121. The summed E-state index contributed by atoms with van der Waals surface area (Å²) in [6.07, 6.45) is 0. The molecule has 5 heteroatoms. The maximum atomic E-state index is 13.0. The van der Waals surface area contributed by atoms with Gasteiger partial charge in [-0.25, -0.2) is 0 Å². The highest BCUT2D eigenvalue weighted by atomic mass is 35.5. The summed E-state index contributed by atoms with van der Waals surface area (Å²) >= 11 is 6.17. The van der Waals surface area contributed by atoms with E-state index in [9.17, 15) is 9.59 Å². The van der Waals surface area contributed by atoms with Crippen molar-refractivity contribution in [1.29, 1.82) is 0 Å². The third kappa shape index (κ3) is 5.14. The zero-order valence-corrected chi connectivity index (χ0v) is 18.3. The third-order valence-electron chi connectivity index (χ3n) is 4.33. The molecule has 0 spiro atoms. The molecule has 0 heterocycles. The molecule has 0 bridgehead atoms. The molecule has 0 atom stereocenters. The Morgan fingerprint density at radius 1 is 0.929 bits per heavy atom. The van der Waals surface area contributed by atoms with Crippen molar-refractivity contribution in [3.8, 4) is 5.75 Å². The first-order valence-corrected chi connectivity index (χ1v) is 9.62. The Kier molecular flexibility index (Phi) is 6.24. The fourth-order valence-electron chi connectivity index (χ4n) is 2.88. The van der Waals surface area contributed by atoms with Gasteiger partial charge in [0.05, 0.1) is 10.7 Å². The summed E-state index contributed by atoms with van der Waals surface area (Å²) in [6, 6.07) is 10.7. The van der Waals surface area contributed by atoms with Gasteiger partial charge in [-0.3, -0.25) is 9.59 Å². The predicted octanol–water partition coefficient (Wildman–Crippen LogP) is 6.11. The molecule has 2 rings (SSSR count). The van der Waals surface area contributed by atoms with Gasteiger partial charge in [-0.2, -0.15) is 0 Å². The molecule has 0 fully saturated rings.